The third-order valence-electron chi connectivity index (χ3n) is 5.64. The molecule has 214 valence electrons. The summed E-state index contributed by atoms with van der Waals surface area (Å²) < 4.78 is 76.3. The Morgan fingerprint density at radius 2 is 1.72 bits per heavy atom. The lowest BCUT2D eigenvalue weighted by atomic mass is 10.0. The number of sulfone groups is 1. The van der Waals surface area contributed by atoms with Crippen molar-refractivity contribution in [2.45, 2.75) is 63.3 Å². The van der Waals surface area contributed by atoms with E-state index >= 15 is 0 Å². The van der Waals surface area contributed by atoms with E-state index in [1.54, 1.807) is 6.92 Å². The molecule has 0 unspecified atom stereocenters. The van der Waals surface area contributed by atoms with Gasteiger partial charge in [0, 0.05) is 30.8 Å². The van der Waals surface area contributed by atoms with Crippen LogP contribution in [0.1, 0.15) is 43.3 Å². The fraction of sp³-hybridized carbons (Fsp3) is 0.400. The molecule has 3 aromatic rings. The lowest BCUT2D eigenvalue weighted by Gasteiger charge is -2.32. The van der Waals surface area contributed by atoms with Gasteiger partial charge in [0.2, 0.25) is 9.84 Å². The first-order chi connectivity index (χ1) is 17.9. The zero-order valence-electron chi connectivity index (χ0n) is 22.0. The quantitative estimate of drug-likeness (QED) is 0.359. The molecule has 0 saturated heterocycles. The number of rotatable bonds is 8. The molecule has 9 nitrogen and oxygen atoms in total. The number of alkyl halides is 3. The second kappa shape index (κ2) is 12.6. The highest BCUT2D eigenvalue weighted by Crippen LogP contribution is 2.24. The van der Waals surface area contributed by atoms with Crippen LogP contribution in [-0.2, 0) is 33.5 Å². The van der Waals surface area contributed by atoms with E-state index in [2.05, 4.69) is 58.8 Å². The molecule has 0 amide bonds. The molecule has 0 fully saturated rings. The lowest BCUT2D eigenvalue weighted by molar-refractivity contribution is -0.192. The van der Waals surface area contributed by atoms with Crippen molar-refractivity contribution in [2.75, 3.05) is 12.4 Å². The number of anilines is 1. The average Bonchev–Trinajstić information content (AvgIpc) is 3.31. The van der Waals surface area contributed by atoms with Gasteiger partial charge in [-0.15, -0.1) is 0 Å². The van der Waals surface area contributed by atoms with E-state index < -0.39 is 38.6 Å². The van der Waals surface area contributed by atoms with Crippen molar-refractivity contribution in [3.63, 3.8) is 0 Å². The Morgan fingerprint density at radius 1 is 1.13 bits per heavy atom. The van der Waals surface area contributed by atoms with Gasteiger partial charge in [-0.1, -0.05) is 29.4 Å². The molecule has 2 heterocycles. The maximum Gasteiger partial charge on any atom is 0.490 e. The number of benzene rings is 1. The number of hydrogen-bond acceptors (Lipinski definition) is 8. The third-order valence-corrected chi connectivity index (χ3v) is 7.19. The molecule has 2 aromatic heterocycles. The molecular formula is C25H30F4N4O5S. The SMILES string of the molecule is Cc1nc(S(=O)(=O)Cc2ccon2)c(F)cc1NCc1ccccc1CN(C)C(C)(C)C.O=C(O)C(F)(F)F. The first-order valence-electron chi connectivity index (χ1n) is 11.5. The fourth-order valence-electron chi connectivity index (χ4n) is 3.10. The maximum absolute atomic E-state index is 14.7. The van der Waals surface area contributed by atoms with Crippen LogP contribution in [0.4, 0.5) is 23.2 Å². The minimum absolute atomic E-state index is 0.0253. The van der Waals surface area contributed by atoms with Crippen molar-refractivity contribution < 1.29 is 40.4 Å². The third kappa shape index (κ3) is 9.32. The molecule has 3 rings (SSSR count). The summed E-state index contributed by atoms with van der Waals surface area (Å²) in [5.41, 5.74) is 3.30. The topological polar surface area (TPSA) is 126 Å². The van der Waals surface area contributed by atoms with Crippen LogP contribution in [0.3, 0.4) is 0 Å². The normalized spacial score (nSPS) is 12.2. The summed E-state index contributed by atoms with van der Waals surface area (Å²) in [6.45, 7) is 9.35. The second-order valence-electron chi connectivity index (χ2n) is 9.61. The van der Waals surface area contributed by atoms with Crippen molar-refractivity contribution in [1.82, 2.24) is 15.0 Å². The highest BCUT2D eigenvalue weighted by Gasteiger charge is 2.38. The Kier molecular flexibility index (Phi) is 10.2. The number of carbonyl (C=O) groups is 1. The molecule has 2 N–H and O–H groups in total. The summed E-state index contributed by atoms with van der Waals surface area (Å²) in [5, 5.41) is 13.3. The van der Waals surface area contributed by atoms with E-state index in [0.29, 0.717) is 17.9 Å². The van der Waals surface area contributed by atoms with E-state index in [0.717, 1.165) is 17.7 Å². The Balaban J connectivity index is 0.000000673. The predicted octanol–water partition coefficient (Wildman–Crippen LogP) is 4.97. The van der Waals surface area contributed by atoms with Crippen molar-refractivity contribution in [2.24, 2.45) is 0 Å². The molecule has 0 saturated carbocycles. The largest absolute Gasteiger partial charge is 0.490 e. The number of aliphatic carboxylic acids is 1. The molecule has 39 heavy (non-hydrogen) atoms. The summed E-state index contributed by atoms with van der Waals surface area (Å²) in [4.78, 5) is 15.2. The van der Waals surface area contributed by atoms with Gasteiger partial charge in [-0.2, -0.15) is 13.2 Å². The van der Waals surface area contributed by atoms with Gasteiger partial charge >= 0.3 is 12.1 Å². The number of hydrogen-bond donors (Lipinski definition) is 2. The van der Waals surface area contributed by atoms with Crippen LogP contribution in [-0.4, -0.2) is 53.3 Å². The van der Waals surface area contributed by atoms with Crippen LogP contribution in [0.2, 0.25) is 0 Å². The highest BCUT2D eigenvalue weighted by atomic mass is 32.2. The molecule has 0 spiro atoms. The lowest BCUT2D eigenvalue weighted by Crippen LogP contribution is -2.37. The Labute approximate surface area is 223 Å². The standard InChI is InChI=1S/C23H29FN4O3S.C2HF3O2/c1-16-21(12-20(24)22(26-16)32(29,30)15-19-10-11-31-27-19)25-13-17-8-6-7-9-18(17)14-28(5)23(2,3)4;3-2(4,5)1(6)7/h6-12,25H,13-15H2,1-5H3;(H,6,7). The molecular weight excluding hydrogens is 544 g/mol. The molecule has 0 aliphatic heterocycles. The van der Waals surface area contributed by atoms with Gasteiger partial charge in [0.05, 0.1) is 17.1 Å². The van der Waals surface area contributed by atoms with Crippen molar-refractivity contribution in [1.29, 1.82) is 0 Å². The molecule has 0 radical (unpaired) electrons. The second-order valence-corrected chi connectivity index (χ2v) is 11.5. The van der Waals surface area contributed by atoms with Gasteiger partial charge in [0.1, 0.15) is 12.0 Å². The predicted molar refractivity (Wildman–Crippen MR) is 135 cm³/mol. The van der Waals surface area contributed by atoms with Crippen LogP contribution in [0, 0.1) is 12.7 Å². The number of carboxylic acid groups (broad SMARTS) is 1. The average molecular weight is 575 g/mol. The minimum atomic E-state index is -5.08. The fourth-order valence-corrected chi connectivity index (χ4v) is 4.41. The van der Waals surface area contributed by atoms with Crippen LogP contribution >= 0.6 is 0 Å². The number of halogens is 4. The summed E-state index contributed by atoms with van der Waals surface area (Å²) in [5.74, 6) is -4.14. The van der Waals surface area contributed by atoms with Gasteiger partial charge in [0.25, 0.3) is 0 Å². The van der Waals surface area contributed by atoms with Crippen LogP contribution in [0.25, 0.3) is 0 Å². The smallest absolute Gasteiger partial charge is 0.475 e. The molecule has 0 aliphatic carbocycles. The van der Waals surface area contributed by atoms with Crippen molar-refractivity contribution in [3.05, 3.63) is 71.0 Å². The van der Waals surface area contributed by atoms with Gasteiger partial charge < -0.3 is 14.9 Å². The summed E-state index contributed by atoms with van der Waals surface area (Å²) in [6, 6.07) is 10.7. The Hall–Kier alpha value is -3.52. The first-order valence-corrected chi connectivity index (χ1v) is 13.2. The van der Waals surface area contributed by atoms with E-state index in [-0.39, 0.29) is 11.2 Å². The summed E-state index contributed by atoms with van der Waals surface area (Å²) in [7, 11) is -1.92. The molecule has 0 atom stereocenters. The number of aryl methyl sites for hydroxylation is 1. The number of aromatic nitrogens is 2. The van der Waals surface area contributed by atoms with Gasteiger partial charge in [0.15, 0.2) is 10.8 Å². The zero-order chi connectivity index (χ0) is 29.6. The van der Waals surface area contributed by atoms with E-state index in [9.17, 15) is 26.0 Å². The number of nitrogens with zero attached hydrogens (tertiary/aromatic N) is 3. The minimum Gasteiger partial charge on any atom is -0.475 e. The van der Waals surface area contributed by atoms with Crippen molar-refractivity contribution >= 4 is 21.5 Å². The molecule has 0 aliphatic rings. The molecule has 0 bridgehead atoms. The number of carboxylic acids is 1. The zero-order valence-corrected chi connectivity index (χ0v) is 22.8. The van der Waals surface area contributed by atoms with Crippen LogP contribution < -0.4 is 5.32 Å². The van der Waals surface area contributed by atoms with E-state index in [4.69, 9.17) is 9.90 Å². The highest BCUT2D eigenvalue weighted by molar-refractivity contribution is 7.90. The number of pyridine rings is 1. The summed E-state index contributed by atoms with van der Waals surface area (Å²) in [6.07, 6.45) is -3.82. The van der Waals surface area contributed by atoms with Crippen LogP contribution in [0.5, 0.6) is 0 Å². The van der Waals surface area contributed by atoms with Gasteiger partial charge in [-0.05, 0) is 45.9 Å². The first kappa shape index (κ1) is 31.7. The van der Waals surface area contributed by atoms with Crippen LogP contribution in [0.15, 0.2) is 52.2 Å². The monoisotopic (exact) mass is 574 g/mol. The van der Waals surface area contributed by atoms with Crippen molar-refractivity contribution in [3.8, 4) is 0 Å². The maximum atomic E-state index is 14.7. The van der Waals surface area contributed by atoms with E-state index in [1.165, 1.54) is 18.4 Å². The summed E-state index contributed by atoms with van der Waals surface area (Å²) >= 11 is 0. The molecule has 14 heteroatoms. The Morgan fingerprint density at radius 3 is 2.23 bits per heavy atom. The van der Waals surface area contributed by atoms with E-state index in [1.807, 2.05) is 18.2 Å². The van der Waals surface area contributed by atoms with Gasteiger partial charge in [-0.25, -0.2) is 22.6 Å². The Bertz CT molecular complexity index is 1370. The van der Waals surface area contributed by atoms with Gasteiger partial charge in [-0.3, -0.25) is 4.90 Å². The number of nitrogens with one attached hydrogen (secondary N) is 1. The molecule has 1 aromatic carbocycles.